The summed E-state index contributed by atoms with van der Waals surface area (Å²) in [5, 5.41) is 4.99. The molecule has 3 nitrogen and oxygen atoms in total. The topological polar surface area (TPSA) is 37.8 Å². The maximum atomic E-state index is 5.87. The molecule has 0 fully saturated rings. The number of nitrogens with one attached hydrogen (secondary N) is 1. The Balaban J connectivity index is 2.01. The van der Waals surface area contributed by atoms with E-state index in [0.717, 1.165) is 28.8 Å². The highest BCUT2D eigenvalue weighted by atomic mass is 35.5. The lowest BCUT2D eigenvalue weighted by molar-refractivity contribution is 0.848. The molecule has 0 aliphatic rings. The molecule has 1 N–H and O–H groups in total. The van der Waals surface area contributed by atoms with Crippen LogP contribution in [0.5, 0.6) is 0 Å². The van der Waals surface area contributed by atoms with Crippen molar-refractivity contribution in [3.05, 3.63) is 40.7 Å². The molecular weight excluding hydrogens is 266 g/mol. The van der Waals surface area contributed by atoms with Gasteiger partial charge in [0.2, 0.25) is 5.13 Å². The van der Waals surface area contributed by atoms with Gasteiger partial charge in [-0.3, -0.25) is 0 Å². The summed E-state index contributed by atoms with van der Waals surface area (Å²) >= 11 is 7.29. The van der Waals surface area contributed by atoms with E-state index in [1.54, 1.807) is 0 Å². The van der Waals surface area contributed by atoms with Crippen molar-refractivity contribution >= 4 is 28.3 Å². The second-order valence-electron chi connectivity index (χ2n) is 4.18. The van der Waals surface area contributed by atoms with Crippen LogP contribution in [0.2, 0.25) is 5.02 Å². The van der Waals surface area contributed by atoms with Gasteiger partial charge in [-0.1, -0.05) is 30.7 Å². The standard InChI is InChI=1S/C13H16ClN3S/c1-3-4-12-16-13(18-17-12)15-9(2)10-5-7-11(14)8-6-10/h5-9H,3-4H2,1-2H3,(H,15,16,17). The average molecular weight is 282 g/mol. The first-order chi connectivity index (χ1) is 8.69. The number of hydrogen-bond donors (Lipinski definition) is 1. The van der Waals surface area contributed by atoms with Gasteiger partial charge in [-0.2, -0.15) is 4.37 Å². The highest BCUT2D eigenvalue weighted by Crippen LogP contribution is 2.22. The molecule has 96 valence electrons. The highest BCUT2D eigenvalue weighted by Gasteiger charge is 2.08. The summed E-state index contributed by atoms with van der Waals surface area (Å²) in [6, 6.07) is 8.04. The van der Waals surface area contributed by atoms with Gasteiger partial charge in [0, 0.05) is 23.0 Å². The molecule has 0 saturated carbocycles. The number of rotatable bonds is 5. The summed E-state index contributed by atoms with van der Waals surface area (Å²) < 4.78 is 4.31. The Hall–Kier alpha value is -1.13. The molecule has 0 radical (unpaired) electrons. The van der Waals surface area contributed by atoms with Gasteiger partial charge in [0.05, 0.1) is 6.04 Å². The van der Waals surface area contributed by atoms with E-state index in [1.165, 1.54) is 17.1 Å². The fraction of sp³-hybridized carbons (Fsp3) is 0.385. The zero-order chi connectivity index (χ0) is 13.0. The Bertz CT molecular complexity index is 495. The molecule has 1 unspecified atom stereocenters. The summed E-state index contributed by atoms with van der Waals surface area (Å²) in [5.41, 5.74) is 1.19. The fourth-order valence-corrected chi connectivity index (χ4v) is 2.48. The number of hydrogen-bond acceptors (Lipinski definition) is 4. The lowest BCUT2D eigenvalue weighted by Gasteiger charge is -2.12. The van der Waals surface area contributed by atoms with Crippen LogP contribution in [0.25, 0.3) is 0 Å². The van der Waals surface area contributed by atoms with Crippen molar-refractivity contribution in [1.29, 1.82) is 0 Å². The zero-order valence-electron chi connectivity index (χ0n) is 10.5. The number of aromatic nitrogens is 2. The SMILES string of the molecule is CCCc1nsc(NC(C)c2ccc(Cl)cc2)n1. The summed E-state index contributed by atoms with van der Waals surface area (Å²) in [6.45, 7) is 4.23. The van der Waals surface area contributed by atoms with E-state index < -0.39 is 0 Å². The molecule has 1 heterocycles. The Morgan fingerprint density at radius 1 is 1.33 bits per heavy atom. The normalized spacial score (nSPS) is 12.4. The van der Waals surface area contributed by atoms with E-state index in [9.17, 15) is 0 Å². The van der Waals surface area contributed by atoms with E-state index in [4.69, 9.17) is 11.6 Å². The predicted molar refractivity (Wildman–Crippen MR) is 77.4 cm³/mol. The number of benzene rings is 1. The van der Waals surface area contributed by atoms with Crippen LogP contribution in [0.15, 0.2) is 24.3 Å². The van der Waals surface area contributed by atoms with Crippen LogP contribution >= 0.6 is 23.1 Å². The molecule has 2 rings (SSSR count). The second kappa shape index (κ2) is 6.16. The van der Waals surface area contributed by atoms with Crippen LogP contribution in [-0.4, -0.2) is 9.36 Å². The van der Waals surface area contributed by atoms with Crippen LogP contribution in [0.3, 0.4) is 0 Å². The van der Waals surface area contributed by atoms with Crippen LogP contribution in [0.4, 0.5) is 5.13 Å². The number of nitrogens with zero attached hydrogens (tertiary/aromatic N) is 2. The third kappa shape index (κ3) is 3.43. The molecule has 0 aliphatic heterocycles. The van der Waals surface area contributed by atoms with Gasteiger partial charge in [-0.05, 0) is 31.0 Å². The first-order valence-electron chi connectivity index (χ1n) is 6.03. The first-order valence-corrected chi connectivity index (χ1v) is 7.18. The molecule has 1 atom stereocenters. The summed E-state index contributed by atoms with van der Waals surface area (Å²) in [4.78, 5) is 4.45. The maximum absolute atomic E-state index is 5.87. The molecule has 2 aromatic rings. The van der Waals surface area contributed by atoms with Crippen LogP contribution in [0.1, 0.15) is 37.7 Å². The smallest absolute Gasteiger partial charge is 0.203 e. The quantitative estimate of drug-likeness (QED) is 0.887. The lowest BCUT2D eigenvalue weighted by atomic mass is 10.1. The Labute approximate surface area is 116 Å². The number of halogens is 1. The van der Waals surface area contributed by atoms with Crippen LogP contribution in [0, 0.1) is 0 Å². The van der Waals surface area contributed by atoms with Crippen molar-refractivity contribution in [2.75, 3.05) is 5.32 Å². The van der Waals surface area contributed by atoms with Gasteiger partial charge in [0.15, 0.2) is 0 Å². The highest BCUT2D eigenvalue weighted by molar-refractivity contribution is 7.09. The van der Waals surface area contributed by atoms with Crippen LogP contribution < -0.4 is 5.32 Å². The number of anilines is 1. The van der Waals surface area contributed by atoms with E-state index in [-0.39, 0.29) is 6.04 Å². The van der Waals surface area contributed by atoms with Crippen molar-refractivity contribution < 1.29 is 0 Å². The van der Waals surface area contributed by atoms with Gasteiger partial charge in [0.25, 0.3) is 0 Å². The van der Waals surface area contributed by atoms with E-state index in [0.29, 0.717) is 0 Å². The third-order valence-electron chi connectivity index (χ3n) is 2.65. The predicted octanol–water partition coefficient (Wildman–Crippen LogP) is 4.32. The molecule has 0 aliphatic carbocycles. The molecule has 1 aromatic carbocycles. The maximum Gasteiger partial charge on any atom is 0.203 e. The van der Waals surface area contributed by atoms with Gasteiger partial charge in [-0.15, -0.1) is 0 Å². The number of aryl methyl sites for hydroxylation is 1. The minimum Gasteiger partial charge on any atom is -0.354 e. The van der Waals surface area contributed by atoms with Crippen molar-refractivity contribution in [1.82, 2.24) is 9.36 Å². The van der Waals surface area contributed by atoms with Crippen molar-refractivity contribution in [2.24, 2.45) is 0 Å². The lowest BCUT2D eigenvalue weighted by Crippen LogP contribution is -2.06. The summed E-state index contributed by atoms with van der Waals surface area (Å²) in [6.07, 6.45) is 2.01. The van der Waals surface area contributed by atoms with Crippen molar-refractivity contribution in [3.8, 4) is 0 Å². The van der Waals surface area contributed by atoms with E-state index in [1.807, 2.05) is 24.3 Å². The molecular formula is C13H16ClN3S. The zero-order valence-corrected chi connectivity index (χ0v) is 12.1. The molecule has 1 aromatic heterocycles. The monoisotopic (exact) mass is 281 g/mol. The molecule has 5 heteroatoms. The fourth-order valence-electron chi connectivity index (χ4n) is 1.66. The second-order valence-corrected chi connectivity index (χ2v) is 5.37. The minimum atomic E-state index is 0.199. The van der Waals surface area contributed by atoms with E-state index in [2.05, 4.69) is 28.5 Å². The molecule has 0 bridgehead atoms. The molecule has 0 amide bonds. The van der Waals surface area contributed by atoms with Gasteiger partial charge in [-0.25, -0.2) is 4.98 Å². The van der Waals surface area contributed by atoms with Gasteiger partial charge >= 0.3 is 0 Å². The molecule has 18 heavy (non-hydrogen) atoms. The van der Waals surface area contributed by atoms with Gasteiger partial charge < -0.3 is 5.32 Å². The Morgan fingerprint density at radius 2 is 2.06 bits per heavy atom. The van der Waals surface area contributed by atoms with Crippen molar-refractivity contribution in [3.63, 3.8) is 0 Å². The van der Waals surface area contributed by atoms with E-state index >= 15 is 0 Å². The molecule has 0 spiro atoms. The summed E-state index contributed by atoms with van der Waals surface area (Å²) in [5.74, 6) is 0.924. The van der Waals surface area contributed by atoms with Crippen molar-refractivity contribution in [2.45, 2.75) is 32.7 Å². The Kier molecular flexibility index (Phi) is 4.55. The van der Waals surface area contributed by atoms with Crippen LogP contribution in [-0.2, 0) is 6.42 Å². The first kappa shape index (κ1) is 13.3. The average Bonchev–Trinajstić information content (AvgIpc) is 2.78. The Morgan fingerprint density at radius 3 is 2.72 bits per heavy atom. The summed E-state index contributed by atoms with van der Waals surface area (Å²) in [7, 11) is 0. The minimum absolute atomic E-state index is 0.199. The van der Waals surface area contributed by atoms with Gasteiger partial charge in [0.1, 0.15) is 5.82 Å². The third-order valence-corrected chi connectivity index (χ3v) is 3.59. The molecule has 0 saturated heterocycles. The largest absolute Gasteiger partial charge is 0.354 e.